The number of ketones is 1. The van der Waals surface area contributed by atoms with E-state index in [1.165, 1.54) is 23.1 Å². The summed E-state index contributed by atoms with van der Waals surface area (Å²) in [5.41, 5.74) is 1.15. The number of carbonyl (C=O) groups excluding carboxylic acids is 2. The lowest BCUT2D eigenvalue weighted by atomic mass is 9.74. The lowest BCUT2D eigenvalue weighted by Gasteiger charge is -2.29. The zero-order chi connectivity index (χ0) is 12.8. The lowest BCUT2D eigenvalue weighted by Crippen LogP contribution is -2.29. The predicted octanol–water partition coefficient (Wildman–Crippen LogP) is 1.99. The summed E-state index contributed by atoms with van der Waals surface area (Å²) in [7, 11) is 0. The Morgan fingerprint density at radius 2 is 2.06 bits per heavy atom. The molecule has 0 amide bonds. The van der Waals surface area contributed by atoms with Gasteiger partial charge in [0.2, 0.25) is 0 Å². The SMILES string of the molecule is CSc1sc(C(=O)[O-])c2c1C(=O)CC(C)(C)C2. The largest absolute Gasteiger partial charge is 0.544 e. The van der Waals surface area contributed by atoms with Crippen LogP contribution in [-0.4, -0.2) is 18.0 Å². The first-order chi connectivity index (χ1) is 7.85. The molecule has 5 heteroatoms. The van der Waals surface area contributed by atoms with Crippen molar-refractivity contribution in [2.24, 2.45) is 5.41 Å². The van der Waals surface area contributed by atoms with Gasteiger partial charge in [-0.25, -0.2) is 0 Å². The van der Waals surface area contributed by atoms with Crippen molar-refractivity contribution < 1.29 is 14.7 Å². The average Bonchev–Trinajstić information content (AvgIpc) is 2.54. The minimum atomic E-state index is -1.17. The number of Topliss-reactive ketones (excluding diaryl/α,β-unsaturated/α-hetero) is 1. The first kappa shape index (κ1) is 12.6. The molecule has 0 fully saturated rings. The van der Waals surface area contributed by atoms with Gasteiger partial charge in [-0.05, 0) is 23.7 Å². The molecule has 0 saturated carbocycles. The highest BCUT2D eigenvalue weighted by Crippen LogP contribution is 2.44. The molecule has 0 radical (unpaired) electrons. The monoisotopic (exact) mass is 269 g/mol. The molecule has 0 aliphatic heterocycles. The van der Waals surface area contributed by atoms with Crippen molar-refractivity contribution in [1.29, 1.82) is 0 Å². The van der Waals surface area contributed by atoms with Gasteiger partial charge in [0.1, 0.15) is 0 Å². The van der Waals surface area contributed by atoms with E-state index in [1.54, 1.807) is 0 Å². The molecule has 1 aliphatic rings. The number of hydrogen-bond acceptors (Lipinski definition) is 5. The van der Waals surface area contributed by atoms with Crippen LogP contribution < -0.4 is 5.11 Å². The number of fused-ring (bicyclic) bond motifs is 1. The van der Waals surface area contributed by atoms with Gasteiger partial charge < -0.3 is 9.90 Å². The molecular formula is C12H13O3S2-. The summed E-state index contributed by atoms with van der Waals surface area (Å²) in [4.78, 5) is 23.4. The Bertz CT molecular complexity index is 500. The standard InChI is InChI=1S/C12H14O3S2/c1-12(2)4-6-8(7(13)5-12)11(16-3)17-9(6)10(14)15/h4-5H2,1-3H3,(H,14,15)/p-1. The smallest absolute Gasteiger partial charge is 0.165 e. The fraction of sp³-hybridized carbons (Fsp3) is 0.500. The summed E-state index contributed by atoms with van der Waals surface area (Å²) in [6, 6.07) is 0. The van der Waals surface area contributed by atoms with E-state index in [2.05, 4.69) is 0 Å². The molecule has 92 valence electrons. The molecule has 0 bridgehead atoms. The highest BCUT2D eigenvalue weighted by molar-refractivity contribution is 8.00. The number of aromatic carboxylic acids is 1. The van der Waals surface area contributed by atoms with Crippen LogP contribution in [-0.2, 0) is 6.42 Å². The van der Waals surface area contributed by atoms with Gasteiger partial charge in [0.05, 0.1) is 15.1 Å². The number of thioether (sulfide) groups is 1. The van der Waals surface area contributed by atoms with Crippen molar-refractivity contribution in [3.63, 3.8) is 0 Å². The van der Waals surface area contributed by atoms with Crippen LogP contribution in [0.2, 0.25) is 0 Å². The molecule has 0 atom stereocenters. The fourth-order valence-electron chi connectivity index (χ4n) is 2.27. The maximum atomic E-state index is 12.1. The zero-order valence-corrected chi connectivity index (χ0v) is 11.6. The second-order valence-corrected chi connectivity index (χ2v) is 7.10. The van der Waals surface area contributed by atoms with Gasteiger partial charge in [-0.3, -0.25) is 4.79 Å². The van der Waals surface area contributed by atoms with Crippen molar-refractivity contribution in [2.45, 2.75) is 30.9 Å². The Morgan fingerprint density at radius 3 is 2.59 bits per heavy atom. The molecular weight excluding hydrogens is 256 g/mol. The van der Waals surface area contributed by atoms with E-state index in [4.69, 9.17) is 0 Å². The summed E-state index contributed by atoms with van der Waals surface area (Å²) < 4.78 is 0.805. The summed E-state index contributed by atoms with van der Waals surface area (Å²) in [5, 5.41) is 11.1. The molecule has 1 heterocycles. The van der Waals surface area contributed by atoms with E-state index in [-0.39, 0.29) is 16.1 Å². The van der Waals surface area contributed by atoms with Gasteiger partial charge in [-0.15, -0.1) is 23.1 Å². The second kappa shape index (κ2) is 4.14. The number of rotatable bonds is 2. The van der Waals surface area contributed by atoms with E-state index < -0.39 is 5.97 Å². The predicted molar refractivity (Wildman–Crippen MR) is 66.9 cm³/mol. The third kappa shape index (κ3) is 2.13. The Kier molecular flexibility index (Phi) is 3.08. The number of hydrogen-bond donors (Lipinski definition) is 0. The van der Waals surface area contributed by atoms with Crippen LogP contribution in [0.1, 0.15) is 45.9 Å². The normalized spacial score (nSPS) is 17.9. The Morgan fingerprint density at radius 1 is 1.41 bits per heavy atom. The topological polar surface area (TPSA) is 57.2 Å². The summed E-state index contributed by atoms with van der Waals surface area (Å²) >= 11 is 2.60. The quantitative estimate of drug-likeness (QED) is 0.770. The van der Waals surface area contributed by atoms with E-state index in [0.29, 0.717) is 24.0 Å². The van der Waals surface area contributed by atoms with Gasteiger partial charge >= 0.3 is 0 Å². The van der Waals surface area contributed by atoms with Crippen LogP contribution in [0.4, 0.5) is 0 Å². The molecule has 0 aromatic carbocycles. The Hall–Kier alpha value is -0.810. The van der Waals surface area contributed by atoms with Crippen molar-refractivity contribution in [3.8, 4) is 0 Å². The molecule has 0 unspecified atom stereocenters. The van der Waals surface area contributed by atoms with Gasteiger partial charge in [0.25, 0.3) is 0 Å². The number of carbonyl (C=O) groups is 2. The molecule has 0 spiro atoms. The van der Waals surface area contributed by atoms with E-state index >= 15 is 0 Å². The van der Waals surface area contributed by atoms with Gasteiger partial charge in [-0.1, -0.05) is 13.8 Å². The third-order valence-corrected chi connectivity index (χ3v) is 5.25. The van der Waals surface area contributed by atoms with Crippen LogP contribution in [0.5, 0.6) is 0 Å². The van der Waals surface area contributed by atoms with E-state index in [1.807, 2.05) is 20.1 Å². The molecule has 0 N–H and O–H groups in total. The maximum absolute atomic E-state index is 12.1. The molecule has 0 saturated heterocycles. The lowest BCUT2D eigenvalue weighted by molar-refractivity contribution is -0.254. The highest BCUT2D eigenvalue weighted by atomic mass is 32.2. The van der Waals surface area contributed by atoms with Crippen molar-refractivity contribution in [2.75, 3.05) is 6.26 Å². The van der Waals surface area contributed by atoms with Crippen LogP contribution in [0.15, 0.2) is 4.21 Å². The highest BCUT2D eigenvalue weighted by Gasteiger charge is 2.35. The van der Waals surface area contributed by atoms with Gasteiger partial charge in [-0.2, -0.15) is 0 Å². The maximum Gasteiger partial charge on any atom is 0.165 e. The number of carboxylic acids is 1. The van der Waals surface area contributed by atoms with Crippen molar-refractivity contribution in [1.82, 2.24) is 0 Å². The number of carboxylic acid groups (broad SMARTS) is 1. The summed E-state index contributed by atoms with van der Waals surface area (Å²) in [6.07, 6.45) is 2.98. The van der Waals surface area contributed by atoms with Gasteiger partial charge in [0, 0.05) is 12.0 Å². The molecule has 2 rings (SSSR count). The fourth-order valence-corrected chi connectivity index (χ4v) is 4.20. The second-order valence-electron chi connectivity index (χ2n) is 5.00. The molecule has 3 nitrogen and oxygen atoms in total. The minimum absolute atomic E-state index is 0.0596. The Labute approximate surface area is 108 Å². The van der Waals surface area contributed by atoms with Crippen LogP contribution in [0.3, 0.4) is 0 Å². The zero-order valence-electron chi connectivity index (χ0n) is 9.96. The Balaban J connectivity index is 2.64. The van der Waals surface area contributed by atoms with E-state index in [0.717, 1.165) is 4.21 Å². The summed E-state index contributed by atoms with van der Waals surface area (Å²) in [5.74, 6) is -1.11. The van der Waals surface area contributed by atoms with Crippen LogP contribution in [0, 0.1) is 5.41 Å². The van der Waals surface area contributed by atoms with Crippen LogP contribution >= 0.6 is 23.1 Å². The summed E-state index contributed by atoms with van der Waals surface area (Å²) in [6.45, 7) is 3.98. The first-order valence-corrected chi connectivity index (χ1v) is 7.34. The molecule has 1 aromatic rings. The minimum Gasteiger partial charge on any atom is -0.544 e. The molecule has 1 aromatic heterocycles. The van der Waals surface area contributed by atoms with Crippen molar-refractivity contribution >= 4 is 34.9 Å². The van der Waals surface area contributed by atoms with Crippen molar-refractivity contribution in [3.05, 3.63) is 16.0 Å². The molecule has 1 aliphatic carbocycles. The average molecular weight is 269 g/mol. The third-order valence-electron chi connectivity index (χ3n) is 2.92. The van der Waals surface area contributed by atoms with Gasteiger partial charge in [0.15, 0.2) is 5.78 Å². The van der Waals surface area contributed by atoms with Crippen LogP contribution in [0.25, 0.3) is 0 Å². The molecule has 17 heavy (non-hydrogen) atoms. The number of thiophene rings is 1. The first-order valence-electron chi connectivity index (χ1n) is 5.30. The van der Waals surface area contributed by atoms with E-state index in [9.17, 15) is 14.7 Å².